The van der Waals surface area contributed by atoms with Crippen LogP contribution in [0.2, 0.25) is 0 Å². The van der Waals surface area contributed by atoms with E-state index in [2.05, 4.69) is 26.3 Å². The molecule has 1 aliphatic rings. The van der Waals surface area contributed by atoms with E-state index >= 15 is 0 Å². The van der Waals surface area contributed by atoms with Crippen LogP contribution in [0.3, 0.4) is 0 Å². The first-order chi connectivity index (χ1) is 11.7. The zero-order valence-corrected chi connectivity index (χ0v) is 16.5. The van der Waals surface area contributed by atoms with Crippen LogP contribution in [0.15, 0.2) is 34.8 Å². The van der Waals surface area contributed by atoms with Crippen molar-refractivity contribution in [1.82, 2.24) is 9.78 Å². The number of anilines is 1. The van der Waals surface area contributed by atoms with Gasteiger partial charge >= 0.3 is 0 Å². The fraction of sp³-hybridized carbons (Fsp3) is 0.412. The smallest absolute Gasteiger partial charge is 0.276 e. The van der Waals surface area contributed by atoms with Crippen molar-refractivity contribution in [2.45, 2.75) is 32.2 Å². The zero-order chi connectivity index (χ0) is 18.2. The van der Waals surface area contributed by atoms with Gasteiger partial charge in [0.25, 0.3) is 5.91 Å². The Morgan fingerprint density at radius 3 is 2.72 bits per heavy atom. The Balaban J connectivity index is 1.87. The molecule has 1 aromatic heterocycles. The van der Waals surface area contributed by atoms with E-state index in [9.17, 15) is 13.2 Å². The monoisotopic (exact) mass is 425 g/mol. The Morgan fingerprint density at radius 2 is 2.12 bits per heavy atom. The maximum absolute atomic E-state index is 12.5. The Hall–Kier alpha value is -1.67. The van der Waals surface area contributed by atoms with Gasteiger partial charge in [-0.15, -0.1) is 0 Å². The molecule has 6 nitrogen and oxygen atoms in total. The average Bonchev–Trinajstić information content (AvgIpc) is 3.10. The summed E-state index contributed by atoms with van der Waals surface area (Å²) in [5, 5.41) is 7.25. The molecule has 1 fully saturated rings. The quantitative estimate of drug-likeness (QED) is 0.813. The normalized spacial score (nSPS) is 19.3. The van der Waals surface area contributed by atoms with Crippen molar-refractivity contribution >= 4 is 37.4 Å². The van der Waals surface area contributed by atoms with E-state index in [0.29, 0.717) is 17.8 Å². The Kier molecular flexibility index (Phi) is 5.02. The summed E-state index contributed by atoms with van der Waals surface area (Å²) in [6, 6.07) is 8.87. The van der Waals surface area contributed by atoms with Crippen LogP contribution in [-0.2, 0) is 9.84 Å². The van der Waals surface area contributed by atoms with Gasteiger partial charge in [-0.2, -0.15) is 5.10 Å². The van der Waals surface area contributed by atoms with Crippen LogP contribution >= 0.6 is 15.9 Å². The molecule has 1 aromatic carbocycles. The Labute approximate surface area is 155 Å². The van der Waals surface area contributed by atoms with Crippen LogP contribution in [0.4, 0.5) is 5.69 Å². The highest BCUT2D eigenvalue weighted by molar-refractivity contribution is 9.10. The molecule has 0 saturated carbocycles. The summed E-state index contributed by atoms with van der Waals surface area (Å²) in [5.41, 5.74) is 1.85. The molecule has 134 valence electrons. The fourth-order valence-electron chi connectivity index (χ4n) is 2.97. The van der Waals surface area contributed by atoms with Gasteiger partial charge in [0.05, 0.1) is 17.5 Å². The summed E-state index contributed by atoms with van der Waals surface area (Å²) in [4.78, 5) is 12.5. The second kappa shape index (κ2) is 6.92. The number of hydrogen-bond donors (Lipinski definition) is 1. The summed E-state index contributed by atoms with van der Waals surface area (Å²) in [6.45, 7) is 4.01. The average molecular weight is 426 g/mol. The molecule has 25 heavy (non-hydrogen) atoms. The number of sulfone groups is 1. The number of rotatable bonds is 4. The lowest BCUT2D eigenvalue weighted by Crippen LogP contribution is -2.17. The Bertz CT molecular complexity index is 906. The molecule has 0 spiro atoms. The van der Waals surface area contributed by atoms with Crippen LogP contribution < -0.4 is 5.32 Å². The van der Waals surface area contributed by atoms with Gasteiger partial charge in [-0.1, -0.05) is 35.8 Å². The number of carbonyl (C=O) groups is 1. The first-order valence-electron chi connectivity index (χ1n) is 8.12. The molecule has 2 aromatic rings. The van der Waals surface area contributed by atoms with Crippen LogP contribution in [-0.4, -0.2) is 35.6 Å². The molecule has 1 unspecified atom stereocenters. The van der Waals surface area contributed by atoms with E-state index in [1.165, 1.54) is 0 Å². The van der Waals surface area contributed by atoms with Gasteiger partial charge in [0.1, 0.15) is 0 Å². The van der Waals surface area contributed by atoms with Crippen LogP contribution in [0.25, 0.3) is 0 Å². The van der Waals surface area contributed by atoms with E-state index in [1.54, 1.807) is 16.8 Å². The number of nitrogens with zero attached hydrogens (tertiary/aromatic N) is 2. The highest BCUT2D eigenvalue weighted by Crippen LogP contribution is 2.28. The predicted molar refractivity (Wildman–Crippen MR) is 101 cm³/mol. The third kappa shape index (κ3) is 4.12. The van der Waals surface area contributed by atoms with Crippen molar-refractivity contribution in [3.63, 3.8) is 0 Å². The van der Waals surface area contributed by atoms with E-state index in [4.69, 9.17) is 0 Å². The molecule has 1 amide bonds. The maximum atomic E-state index is 12.5. The number of hydrogen-bond acceptors (Lipinski definition) is 4. The highest BCUT2D eigenvalue weighted by Gasteiger charge is 2.32. The second-order valence-corrected chi connectivity index (χ2v) is 9.72. The minimum atomic E-state index is -3.02. The topological polar surface area (TPSA) is 81.1 Å². The zero-order valence-electron chi connectivity index (χ0n) is 14.1. The van der Waals surface area contributed by atoms with E-state index < -0.39 is 9.84 Å². The maximum Gasteiger partial charge on any atom is 0.276 e. The lowest BCUT2D eigenvalue weighted by Gasteiger charge is -2.15. The minimum absolute atomic E-state index is 0.0844. The van der Waals surface area contributed by atoms with Crippen molar-refractivity contribution in [3.8, 4) is 0 Å². The number of benzene rings is 1. The molecule has 1 atom stereocenters. The van der Waals surface area contributed by atoms with E-state index in [-0.39, 0.29) is 29.4 Å². The largest absolute Gasteiger partial charge is 0.321 e. The van der Waals surface area contributed by atoms with Gasteiger partial charge in [-0.25, -0.2) is 8.42 Å². The molecule has 0 bridgehead atoms. The van der Waals surface area contributed by atoms with Gasteiger partial charge < -0.3 is 5.32 Å². The summed E-state index contributed by atoms with van der Waals surface area (Å²) in [7, 11) is -3.02. The van der Waals surface area contributed by atoms with Gasteiger partial charge in [-0.3, -0.25) is 9.48 Å². The minimum Gasteiger partial charge on any atom is -0.321 e. The molecule has 2 heterocycles. The molecule has 3 rings (SSSR count). The van der Waals surface area contributed by atoms with Gasteiger partial charge in [0, 0.05) is 15.9 Å². The third-order valence-electron chi connectivity index (χ3n) is 4.23. The van der Waals surface area contributed by atoms with E-state index in [0.717, 1.165) is 10.2 Å². The molecule has 1 aliphatic heterocycles. The SMILES string of the molecule is CC(C)c1cc(C(=O)Nc2cccc(Br)c2)nn1C1CCS(=O)(=O)C1. The molecule has 0 radical (unpaired) electrons. The van der Waals surface area contributed by atoms with Gasteiger partial charge in [0.2, 0.25) is 0 Å². The molecular formula is C17H20BrN3O3S. The summed E-state index contributed by atoms with van der Waals surface area (Å²) < 4.78 is 26.2. The number of carbonyl (C=O) groups excluding carboxylic acids is 1. The number of halogens is 1. The lowest BCUT2D eigenvalue weighted by atomic mass is 10.1. The predicted octanol–water partition coefficient (Wildman–Crippen LogP) is 3.38. The molecule has 1 saturated heterocycles. The summed E-state index contributed by atoms with van der Waals surface area (Å²) >= 11 is 3.37. The molecule has 1 N–H and O–H groups in total. The van der Waals surface area contributed by atoms with Crippen molar-refractivity contribution < 1.29 is 13.2 Å². The lowest BCUT2D eigenvalue weighted by molar-refractivity contribution is 0.102. The third-order valence-corrected chi connectivity index (χ3v) is 6.47. The molecular weight excluding hydrogens is 406 g/mol. The summed E-state index contributed by atoms with van der Waals surface area (Å²) in [6.07, 6.45) is 0.538. The number of nitrogens with one attached hydrogen (secondary N) is 1. The van der Waals surface area contributed by atoms with Crippen LogP contribution in [0.5, 0.6) is 0 Å². The number of aromatic nitrogens is 2. The summed E-state index contributed by atoms with van der Waals surface area (Å²) in [5.74, 6) is 0.0956. The highest BCUT2D eigenvalue weighted by atomic mass is 79.9. The van der Waals surface area contributed by atoms with E-state index in [1.807, 2.05) is 32.0 Å². The van der Waals surface area contributed by atoms with Crippen LogP contribution in [0.1, 0.15) is 48.4 Å². The second-order valence-electron chi connectivity index (χ2n) is 6.58. The van der Waals surface area contributed by atoms with Crippen molar-refractivity contribution in [3.05, 3.63) is 46.2 Å². The van der Waals surface area contributed by atoms with Crippen molar-refractivity contribution in [2.75, 3.05) is 16.8 Å². The number of amides is 1. The van der Waals surface area contributed by atoms with Gasteiger partial charge in [0.15, 0.2) is 15.5 Å². The fourth-order valence-corrected chi connectivity index (χ4v) is 5.06. The van der Waals surface area contributed by atoms with Gasteiger partial charge in [-0.05, 0) is 36.6 Å². The van der Waals surface area contributed by atoms with Crippen molar-refractivity contribution in [1.29, 1.82) is 0 Å². The molecule has 8 heteroatoms. The molecule has 0 aliphatic carbocycles. The Morgan fingerprint density at radius 1 is 1.36 bits per heavy atom. The van der Waals surface area contributed by atoms with Crippen LogP contribution in [0, 0.1) is 0 Å². The standard InChI is InChI=1S/C17H20BrN3O3S/c1-11(2)16-9-15(17(22)19-13-5-3-4-12(18)8-13)20-21(16)14-6-7-25(23,24)10-14/h3-5,8-9,11,14H,6-7,10H2,1-2H3,(H,19,22). The van der Waals surface area contributed by atoms with Crippen molar-refractivity contribution in [2.24, 2.45) is 0 Å². The first kappa shape index (κ1) is 18.1. The first-order valence-corrected chi connectivity index (χ1v) is 10.7.